The zero-order chi connectivity index (χ0) is 13.1. The number of rotatable bonds is 5. The normalized spacial score (nSPS) is 32.5. The summed E-state index contributed by atoms with van der Waals surface area (Å²) in [6, 6.07) is 0. The molecule has 0 aromatic heterocycles. The molecule has 0 spiro atoms. The lowest BCUT2D eigenvalue weighted by atomic mass is 9.66. The van der Waals surface area contributed by atoms with E-state index in [-0.39, 0.29) is 5.60 Å². The fraction of sp³-hybridized carbons (Fsp3) is 1.00. The minimum Gasteiger partial charge on any atom is -0.372 e. The highest BCUT2D eigenvalue weighted by atomic mass is 16.5. The van der Waals surface area contributed by atoms with E-state index in [4.69, 9.17) is 4.74 Å². The quantitative estimate of drug-likeness (QED) is 0.643. The van der Waals surface area contributed by atoms with Crippen LogP contribution >= 0.6 is 0 Å². The zero-order valence-electron chi connectivity index (χ0n) is 12.8. The summed E-state index contributed by atoms with van der Waals surface area (Å²) in [5.41, 5.74) is 0.625. The Morgan fingerprint density at radius 2 is 1.76 bits per heavy atom. The van der Waals surface area contributed by atoms with E-state index in [2.05, 4.69) is 41.5 Å². The first-order valence-corrected chi connectivity index (χ1v) is 7.51. The molecule has 0 saturated heterocycles. The van der Waals surface area contributed by atoms with Crippen LogP contribution in [-0.4, -0.2) is 11.7 Å². The van der Waals surface area contributed by atoms with Crippen LogP contribution < -0.4 is 0 Å². The van der Waals surface area contributed by atoms with Crippen molar-refractivity contribution in [3.63, 3.8) is 0 Å². The number of ether oxygens (including phenoxy) is 1. The summed E-state index contributed by atoms with van der Waals surface area (Å²) >= 11 is 0. The van der Waals surface area contributed by atoms with E-state index in [9.17, 15) is 0 Å². The molecule has 1 fully saturated rings. The van der Waals surface area contributed by atoms with Crippen LogP contribution in [0.25, 0.3) is 0 Å². The van der Waals surface area contributed by atoms with Gasteiger partial charge in [0.05, 0.1) is 11.7 Å². The highest BCUT2D eigenvalue weighted by Crippen LogP contribution is 2.44. The maximum Gasteiger partial charge on any atom is 0.0627 e. The standard InChI is InChI=1S/C16H32O/c1-7-13(3)16(6)11-9-14(10-12-16)17-15(4,5)8-2/h13-14H,7-12H2,1-6H3. The first kappa shape index (κ1) is 15.0. The van der Waals surface area contributed by atoms with E-state index in [0.717, 1.165) is 12.3 Å². The lowest BCUT2D eigenvalue weighted by molar-refractivity contribution is -0.102. The van der Waals surface area contributed by atoms with Gasteiger partial charge in [-0.3, -0.25) is 0 Å². The predicted molar refractivity (Wildman–Crippen MR) is 75.3 cm³/mol. The molecule has 1 atom stereocenters. The van der Waals surface area contributed by atoms with Gasteiger partial charge < -0.3 is 4.74 Å². The molecule has 1 aliphatic rings. The molecule has 1 unspecified atom stereocenters. The predicted octanol–water partition coefficient (Wildman–Crippen LogP) is 5.19. The molecule has 17 heavy (non-hydrogen) atoms. The minimum atomic E-state index is 0.0643. The van der Waals surface area contributed by atoms with Gasteiger partial charge in [0.1, 0.15) is 0 Å². The third-order valence-electron chi connectivity index (χ3n) is 5.21. The monoisotopic (exact) mass is 240 g/mol. The maximum absolute atomic E-state index is 6.23. The van der Waals surface area contributed by atoms with Crippen LogP contribution in [0.4, 0.5) is 0 Å². The van der Waals surface area contributed by atoms with E-state index < -0.39 is 0 Å². The lowest BCUT2D eigenvalue weighted by Crippen LogP contribution is -2.37. The van der Waals surface area contributed by atoms with Crippen molar-refractivity contribution in [3.8, 4) is 0 Å². The molecule has 102 valence electrons. The summed E-state index contributed by atoms with van der Waals surface area (Å²) in [5.74, 6) is 0.850. The number of hydrogen-bond donors (Lipinski definition) is 0. The molecular formula is C16H32O. The fourth-order valence-electron chi connectivity index (χ4n) is 2.89. The molecule has 0 aliphatic heterocycles. The van der Waals surface area contributed by atoms with Gasteiger partial charge in [-0.05, 0) is 57.3 Å². The summed E-state index contributed by atoms with van der Waals surface area (Å²) in [4.78, 5) is 0. The fourth-order valence-corrected chi connectivity index (χ4v) is 2.89. The van der Waals surface area contributed by atoms with Crippen molar-refractivity contribution in [2.75, 3.05) is 0 Å². The summed E-state index contributed by atoms with van der Waals surface area (Å²) < 4.78 is 6.23. The number of hydrogen-bond acceptors (Lipinski definition) is 1. The molecule has 0 heterocycles. The van der Waals surface area contributed by atoms with E-state index in [0.29, 0.717) is 11.5 Å². The van der Waals surface area contributed by atoms with Gasteiger partial charge in [-0.15, -0.1) is 0 Å². The summed E-state index contributed by atoms with van der Waals surface area (Å²) in [7, 11) is 0. The summed E-state index contributed by atoms with van der Waals surface area (Å²) in [6.45, 7) is 13.9. The Kier molecular flexibility index (Phi) is 5.07. The van der Waals surface area contributed by atoms with Gasteiger partial charge in [-0.25, -0.2) is 0 Å². The van der Waals surface area contributed by atoms with Crippen molar-refractivity contribution >= 4 is 0 Å². The SMILES string of the molecule is CCC(C)C1(C)CCC(OC(C)(C)CC)CC1. The second-order valence-corrected chi connectivity index (χ2v) is 6.89. The van der Waals surface area contributed by atoms with E-state index >= 15 is 0 Å². The molecule has 0 amide bonds. The van der Waals surface area contributed by atoms with Crippen LogP contribution in [0, 0.1) is 11.3 Å². The lowest BCUT2D eigenvalue weighted by Gasteiger charge is -2.43. The Labute approximate surface area is 108 Å². The molecule has 0 radical (unpaired) electrons. The maximum atomic E-state index is 6.23. The average molecular weight is 240 g/mol. The molecule has 1 heteroatoms. The van der Waals surface area contributed by atoms with Gasteiger partial charge in [0.2, 0.25) is 0 Å². The van der Waals surface area contributed by atoms with Crippen molar-refractivity contribution in [2.24, 2.45) is 11.3 Å². The van der Waals surface area contributed by atoms with Gasteiger partial charge in [0.15, 0.2) is 0 Å². The molecule has 0 N–H and O–H groups in total. The van der Waals surface area contributed by atoms with Crippen molar-refractivity contribution in [1.82, 2.24) is 0 Å². The molecule has 0 aromatic rings. The average Bonchev–Trinajstić information content (AvgIpc) is 2.31. The van der Waals surface area contributed by atoms with E-state index in [1.165, 1.54) is 32.1 Å². The highest BCUT2D eigenvalue weighted by molar-refractivity contribution is 4.87. The second-order valence-electron chi connectivity index (χ2n) is 6.89. The van der Waals surface area contributed by atoms with Gasteiger partial charge in [0, 0.05) is 0 Å². The Morgan fingerprint density at radius 1 is 1.24 bits per heavy atom. The van der Waals surface area contributed by atoms with E-state index in [1.807, 2.05) is 0 Å². The van der Waals surface area contributed by atoms with Crippen molar-refractivity contribution in [1.29, 1.82) is 0 Å². The molecule has 0 aromatic carbocycles. The summed E-state index contributed by atoms with van der Waals surface area (Å²) in [5, 5.41) is 0. The van der Waals surface area contributed by atoms with E-state index in [1.54, 1.807) is 0 Å². The van der Waals surface area contributed by atoms with Gasteiger partial charge >= 0.3 is 0 Å². The molecule has 1 nitrogen and oxygen atoms in total. The first-order chi connectivity index (χ1) is 7.83. The van der Waals surface area contributed by atoms with Crippen LogP contribution in [-0.2, 0) is 4.74 Å². The molecule has 0 bridgehead atoms. The topological polar surface area (TPSA) is 9.23 Å². The minimum absolute atomic E-state index is 0.0643. The van der Waals surface area contributed by atoms with Crippen molar-refractivity contribution in [2.45, 2.75) is 91.8 Å². The van der Waals surface area contributed by atoms with Crippen LogP contribution in [0.5, 0.6) is 0 Å². The van der Waals surface area contributed by atoms with Crippen molar-refractivity contribution in [3.05, 3.63) is 0 Å². The van der Waals surface area contributed by atoms with Crippen LogP contribution in [0.2, 0.25) is 0 Å². The Morgan fingerprint density at radius 3 is 2.18 bits per heavy atom. The Bertz CT molecular complexity index is 224. The molecular weight excluding hydrogens is 208 g/mol. The first-order valence-electron chi connectivity index (χ1n) is 7.51. The third kappa shape index (κ3) is 3.98. The van der Waals surface area contributed by atoms with Crippen molar-refractivity contribution < 1.29 is 4.74 Å². The second kappa shape index (κ2) is 5.73. The largest absolute Gasteiger partial charge is 0.372 e. The Balaban J connectivity index is 2.46. The smallest absolute Gasteiger partial charge is 0.0627 e. The molecule has 1 rings (SSSR count). The third-order valence-corrected chi connectivity index (χ3v) is 5.21. The van der Waals surface area contributed by atoms with Crippen LogP contribution in [0.3, 0.4) is 0 Å². The highest BCUT2D eigenvalue weighted by Gasteiger charge is 2.36. The summed E-state index contributed by atoms with van der Waals surface area (Å²) in [6.07, 6.45) is 8.10. The Hall–Kier alpha value is -0.0400. The zero-order valence-corrected chi connectivity index (χ0v) is 12.8. The molecule has 1 aliphatic carbocycles. The van der Waals surface area contributed by atoms with Crippen LogP contribution in [0.15, 0.2) is 0 Å². The van der Waals surface area contributed by atoms with Gasteiger partial charge in [-0.2, -0.15) is 0 Å². The molecule has 1 saturated carbocycles. The van der Waals surface area contributed by atoms with Crippen LogP contribution in [0.1, 0.15) is 80.1 Å². The van der Waals surface area contributed by atoms with Gasteiger partial charge in [-0.1, -0.05) is 34.1 Å². The van der Waals surface area contributed by atoms with Gasteiger partial charge in [0.25, 0.3) is 0 Å².